The van der Waals surface area contributed by atoms with Crippen LogP contribution in [0.1, 0.15) is 31.1 Å². The molecule has 3 aromatic rings. The summed E-state index contributed by atoms with van der Waals surface area (Å²) in [6.07, 6.45) is 1.35. The predicted molar refractivity (Wildman–Crippen MR) is 114 cm³/mol. The third-order valence-electron chi connectivity index (χ3n) is 4.48. The summed E-state index contributed by atoms with van der Waals surface area (Å²) in [7, 11) is 0. The number of nitrogens with zero attached hydrogens (tertiary/aromatic N) is 2. The van der Waals surface area contributed by atoms with Crippen LogP contribution in [0.2, 0.25) is 0 Å². The molecule has 7 nitrogen and oxygen atoms in total. The molecule has 0 atom stereocenters. The van der Waals surface area contributed by atoms with Crippen molar-refractivity contribution in [1.82, 2.24) is 0 Å². The number of rotatable bonds is 6. The van der Waals surface area contributed by atoms with E-state index in [2.05, 4.69) is 19.2 Å². The largest absolute Gasteiger partial charge is 0.457 e. The fourth-order valence-electron chi connectivity index (χ4n) is 2.77. The zero-order valence-electron chi connectivity index (χ0n) is 16.5. The first-order valence-corrected chi connectivity index (χ1v) is 9.25. The number of nitro groups is 1. The number of nitro benzene ring substituents is 1. The average molecular weight is 401 g/mol. The first-order chi connectivity index (χ1) is 14.4. The van der Waals surface area contributed by atoms with E-state index < -0.39 is 10.8 Å². The van der Waals surface area contributed by atoms with Crippen LogP contribution in [0.4, 0.5) is 11.4 Å². The van der Waals surface area contributed by atoms with Gasteiger partial charge in [-0.3, -0.25) is 14.9 Å². The number of anilines is 1. The minimum absolute atomic E-state index is 0.0182. The molecule has 0 aliphatic rings. The quantitative estimate of drug-likeness (QED) is 0.253. The van der Waals surface area contributed by atoms with Crippen molar-refractivity contribution in [2.24, 2.45) is 0 Å². The number of nitrogens with one attached hydrogen (secondary N) is 1. The van der Waals surface area contributed by atoms with Gasteiger partial charge in [-0.05, 0) is 47.9 Å². The van der Waals surface area contributed by atoms with E-state index in [1.165, 1.54) is 18.2 Å². The normalized spacial score (nSPS) is 11.2. The molecule has 0 radical (unpaired) electrons. The van der Waals surface area contributed by atoms with Gasteiger partial charge >= 0.3 is 0 Å². The number of non-ortho nitro benzene ring substituents is 1. The fourth-order valence-corrected chi connectivity index (χ4v) is 2.77. The van der Waals surface area contributed by atoms with Crippen LogP contribution in [0.5, 0.6) is 0 Å². The summed E-state index contributed by atoms with van der Waals surface area (Å²) in [4.78, 5) is 22.7. The molecule has 0 fully saturated rings. The maximum Gasteiger partial charge on any atom is 0.269 e. The van der Waals surface area contributed by atoms with Crippen LogP contribution in [0.15, 0.2) is 70.7 Å². The first-order valence-electron chi connectivity index (χ1n) is 9.25. The number of amides is 1. The second-order valence-electron chi connectivity index (χ2n) is 6.91. The summed E-state index contributed by atoms with van der Waals surface area (Å²) >= 11 is 0. The summed E-state index contributed by atoms with van der Waals surface area (Å²) < 4.78 is 5.67. The molecule has 2 aromatic carbocycles. The standard InChI is InChI=1S/C23H19N3O4/c1-15(2)16-3-7-19(8-4-16)25-23(27)18(14-24)13-21-11-12-22(30-21)17-5-9-20(10-6-17)26(28)29/h3-13,15H,1-2H3,(H,25,27)/b18-13+. The average Bonchev–Trinajstić information content (AvgIpc) is 3.21. The van der Waals surface area contributed by atoms with Crippen molar-refractivity contribution in [1.29, 1.82) is 5.26 Å². The van der Waals surface area contributed by atoms with Gasteiger partial charge in [0.15, 0.2) is 0 Å². The van der Waals surface area contributed by atoms with Gasteiger partial charge in [0, 0.05) is 29.5 Å². The van der Waals surface area contributed by atoms with Crippen LogP contribution < -0.4 is 5.32 Å². The van der Waals surface area contributed by atoms with Crippen LogP contribution in [0.25, 0.3) is 17.4 Å². The van der Waals surface area contributed by atoms with E-state index in [4.69, 9.17) is 4.42 Å². The van der Waals surface area contributed by atoms with E-state index in [0.717, 1.165) is 5.56 Å². The highest BCUT2D eigenvalue weighted by Gasteiger charge is 2.12. The van der Waals surface area contributed by atoms with Gasteiger partial charge in [0.1, 0.15) is 23.2 Å². The van der Waals surface area contributed by atoms with Gasteiger partial charge in [-0.15, -0.1) is 0 Å². The highest BCUT2D eigenvalue weighted by molar-refractivity contribution is 6.09. The molecule has 0 saturated heterocycles. The highest BCUT2D eigenvalue weighted by atomic mass is 16.6. The molecule has 0 bridgehead atoms. The lowest BCUT2D eigenvalue weighted by atomic mass is 10.0. The zero-order valence-corrected chi connectivity index (χ0v) is 16.5. The second kappa shape index (κ2) is 8.88. The molecule has 0 spiro atoms. The van der Waals surface area contributed by atoms with E-state index in [9.17, 15) is 20.2 Å². The number of hydrogen-bond donors (Lipinski definition) is 1. The van der Waals surface area contributed by atoms with Crippen molar-refractivity contribution in [3.63, 3.8) is 0 Å². The third-order valence-corrected chi connectivity index (χ3v) is 4.48. The van der Waals surface area contributed by atoms with Gasteiger partial charge in [0.2, 0.25) is 0 Å². The van der Waals surface area contributed by atoms with Crippen LogP contribution in [-0.2, 0) is 4.79 Å². The lowest BCUT2D eigenvalue weighted by Crippen LogP contribution is -2.13. The SMILES string of the molecule is CC(C)c1ccc(NC(=O)/C(C#N)=C/c2ccc(-c3ccc([N+](=O)[O-])cc3)o2)cc1. The smallest absolute Gasteiger partial charge is 0.269 e. The van der Waals surface area contributed by atoms with Gasteiger partial charge in [0.25, 0.3) is 11.6 Å². The minimum Gasteiger partial charge on any atom is -0.457 e. The number of nitriles is 1. The Morgan fingerprint density at radius 1 is 1.10 bits per heavy atom. The Kier molecular flexibility index (Phi) is 6.08. The summed E-state index contributed by atoms with van der Waals surface area (Å²) in [5.74, 6) is 0.639. The number of hydrogen-bond acceptors (Lipinski definition) is 5. The van der Waals surface area contributed by atoms with Crippen molar-refractivity contribution in [2.75, 3.05) is 5.32 Å². The van der Waals surface area contributed by atoms with Crippen molar-refractivity contribution < 1.29 is 14.1 Å². The van der Waals surface area contributed by atoms with Crippen LogP contribution >= 0.6 is 0 Å². The van der Waals surface area contributed by atoms with Gasteiger partial charge in [-0.1, -0.05) is 26.0 Å². The molecule has 3 rings (SSSR count). The van der Waals surface area contributed by atoms with Gasteiger partial charge < -0.3 is 9.73 Å². The Hall–Kier alpha value is -4.18. The number of carbonyl (C=O) groups is 1. The monoisotopic (exact) mass is 401 g/mol. The van der Waals surface area contributed by atoms with Crippen LogP contribution in [-0.4, -0.2) is 10.8 Å². The van der Waals surface area contributed by atoms with Gasteiger partial charge in [0.05, 0.1) is 4.92 Å². The molecule has 7 heteroatoms. The molecule has 1 amide bonds. The van der Waals surface area contributed by atoms with Gasteiger partial charge in [-0.2, -0.15) is 5.26 Å². The lowest BCUT2D eigenvalue weighted by molar-refractivity contribution is -0.384. The Morgan fingerprint density at radius 2 is 1.77 bits per heavy atom. The minimum atomic E-state index is -0.539. The van der Waals surface area contributed by atoms with E-state index in [1.807, 2.05) is 18.2 Å². The highest BCUT2D eigenvalue weighted by Crippen LogP contribution is 2.25. The van der Waals surface area contributed by atoms with Crippen molar-refractivity contribution in [3.05, 3.63) is 87.7 Å². The molecule has 150 valence electrons. The molecular formula is C23H19N3O4. The Bertz CT molecular complexity index is 1130. The van der Waals surface area contributed by atoms with Crippen molar-refractivity contribution in [3.8, 4) is 17.4 Å². The molecule has 1 aromatic heterocycles. The van der Waals surface area contributed by atoms with E-state index in [0.29, 0.717) is 28.7 Å². The topological polar surface area (TPSA) is 109 Å². The maximum absolute atomic E-state index is 12.4. The molecule has 30 heavy (non-hydrogen) atoms. The molecule has 1 heterocycles. The van der Waals surface area contributed by atoms with Crippen LogP contribution in [0.3, 0.4) is 0 Å². The van der Waals surface area contributed by atoms with Crippen molar-refractivity contribution in [2.45, 2.75) is 19.8 Å². The molecule has 0 aliphatic heterocycles. The summed E-state index contributed by atoms with van der Waals surface area (Å²) in [6, 6.07) is 18.5. The molecule has 0 unspecified atom stereocenters. The summed E-state index contributed by atoms with van der Waals surface area (Å²) in [5, 5.41) is 22.8. The van der Waals surface area contributed by atoms with Crippen LogP contribution in [0, 0.1) is 21.4 Å². The van der Waals surface area contributed by atoms with Gasteiger partial charge in [-0.25, -0.2) is 0 Å². The Morgan fingerprint density at radius 3 is 2.33 bits per heavy atom. The zero-order chi connectivity index (χ0) is 21.7. The molecule has 1 N–H and O–H groups in total. The number of carbonyl (C=O) groups excluding carboxylic acids is 1. The summed E-state index contributed by atoms with van der Waals surface area (Å²) in [6.45, 7) is 4.16. The molecular weight excluding hydrogens is 382 g/mol. The fraction of sp³-hybridized carbons (Fsp3) is 0.130. The Labute approximate surface area is 173 Å². The number of benzene rings is 2. The van der Waals surface area contributed by atoms with Crippen molar-refractivity contribution >= 4 is 23.4 Å². The number of furan rings is 1. The molecule has 0 aliphatic carbocycles. The maximum atomic E-state index is 12.4. The first kappa shape index (κ1) is 20.6. The molecule has 0 saturated carbocycles. The van der Waals surface area contributed by atoms with E-state index in [1.54, 1.807) is 36.4 Å². The third kappa shape index (κ3) is 4.80. The van der Waals surface area contributed by atoms with E-state index in [-0.39, 0.29) is 11.3 Å². The Balaban J connectivity index is 1.75. The lowest BCUT2D eigenvalue weighted by Gasteiger charge is -2.08. The summed E-state index contributed by atoms with van der Waals surface area (Å²) in [5.41, 5.74) is 2.27. The second-order valence-corrected chi connectivity index (χ2v) is 6.91. The predicted octanol–water partition coefficient (Wildman–Crippen LogP) is 5.52. The van der Waals surface area contributed by atoms with E-state index >= 15 is 0 Å².